The lowest BCUT2D eigenvalue weighted by molar-refractivity contribution is -0.854. The molecule has 11 nitrogen and oxygen atoms in total. The predicted octanol–water partition coefficient (Wildman–Crippen LogP) is 1.97. The molecule has 11 heteroatoms. The van der Waals surface area contributed by atoms with Crippen molar-refractivity contribution in [1.82, 2.24) is 20.9 Å². The number of quaternary nitrogens is 1. The second-order valence-electron chi connectivity index (χ2n) is 11.9. The van der Waals surface area contributed by atoms with Gasteiger partial charge in [0.2, 0.25) is 17.7 Å². The number of amides is 4. The number of likely N-dealkylation sites (N-methyl/N-ethyl adjacent to an activating group) is 1. The lowest BCUT2D eigenvalue weighted by Gasteiger charge is -2.40. The maximum absolute atomic E-state index is 14.0. The quantitative estimate of drug-likeness (QED) is 0.332. The highest BCUT2D eigenvalue weighted by Gasteiger charge is 2.47. The van der Waals surface area contributed by atoms with Gasteiger partial charge in [-0.25, -0.2) is 0 Å². The zero-order valence-corrected chi connectivity index (χ0v) is 25.3. The summed E-state index contributed by atoms with van der Waals surface area (Å²) >= 11 is 0. The molecule has 2 aromatic rings. The fraction of sp³-hybridized carbons (Fsp3) is 0.438. The summed E-state index contributed by atoms with van der Waals surface area (Å²) in [6, 6.07) is 12.6. The molecule has 3 aliphatic rings. The SMILES string of the molecule is CC(C)[C@H](NC(=O)[C@H](C)[N+](C)(C)[O-])C(=O)N1CC[C@@H]2Oc3ccc(cc3)/C=C\NC(=O)[C@H](Cc3ccccc3)NC(=O)[C@H]21. The van der Waals surface area contributed by atoms with Gasteiger partial charge in [-0.15, -0.1) is 0 Å². The molecule has 0 unspecified atom stereocenters. The normalized spacial score (nSPS) is 22.9. The number of hydrogen-bond acceptors (Lipinski definition) is 6. The summed E-state index contributed by atoms with van der Waals surface area (Å²) < 4.78 is 5.41. The van der Waals surface area contributed by atoms with E-state index in [2.05, 4.69) is 16.0 Å². The average molecular weight is 592 g/mol. The summed E-state index contributed by atoms with van der Waals surface area (Å²) in [7, 11) is 2.73. The summed E-state index contributed by atoms with van der Waals surface area (Å²) in [5, 5.41) is 20.8. The van der Waals surface area contributed by atoms with Crippen LogP contribution in [0.15, 0.2) is 60.8 Å². The van der Waals surface area contributed by atoms with Crippen molar-refractivity contribution in [3.05, 3.63) is 77.1 Å². The fourth-order valence-electron chi connectivity index (χ4n) is 5.16. The highest BCUT2D eigenvalue weighted by molar-refractivity contribution is 5.96. The minimum absolute atomic E-state index is 0.203. The van der Waals surface area contributed by atoms with E-state index in [-0.39, 0.29) is 18.9 Å². The number of ether oxygens (including phenoxy) is 1. The number of hydroxylamine groups is 3. The van der Waals surface area contributed by atoms with Crippen LogP contribution < -0.4 is 20.7 Å². The van der Waals surface area contributed by atoms with Gasteiger partial charge in [0.05, 0.1) is 14.1 Å². The molecule has 5 atom stereocenters. The predicted molar refractivity (Wildman–Crippen MR) is 162 cm³/mol. The topological polar surface area (TPSA) is 140 Å². The third-order valence-corrected chi connectivity index (χ3v) is 8.02. The smallest absolute Gasteiger partial charge is 0.279 e. The van der Waals surface area contributed by atoms with Crippen LogP contribution in [0.4, 0.5) is 0 Å². The first-order valence-corrected chi connectivity index (χ1v) is 14.6. The van der Waals surface area contributed by atoms with Crippen LogP contribution in [0.2, 0.25) is 0 Å². The second kappa shape index (κ2) is 13.4. The van der Waals surface area contributed by atoms with E-state index in [9.17, 15) is 24.4 Å². The van der Waals surface area contributed by atoms with E-state index >= 15 is 0 Å². The molecule has 0 aliphatic carbocycles. The number of rotatable bonds is 7. The Morgan fingerprint density at radius 2 is 1.72 bits per heavy atom. The molecule has 4 amide bonds. The maximum atomic E-state index is 14.0. The Morgan fingerprint density at radius 3 is 2.35 bits per heavy atom. The summed E-state index contributed by atoms with van der Waals surface area (Å²) in [5.41, 5.74) is 1.70. The molecule has 2 bridgehead atoms. The number of nitrogens with zero attached hydrogens (tertiary/aromatic N) is 2. The lowest BCUT2D eigenvalue weighted by atomic mass is 10.0. The molecule has 0 spiro atoms. The molecule has 1 saturated heterocycles. The van der Waals surface area contributed by atoms with Crippen molar-refractivity contribution >= 4 is 29.7 Å². The van der Waals surface area contributed by atoms with Crippen LogP contribution in [0.3, 0.4) is 0 Å². The largest absolute Gasteiger partial charge is 0.633 e. The molecular formula is C32H41N5O6. The molecule has 3 aliphatic heterocycles. The first-order valence-electron chi connectivity index (χ1n) is 14.6. The van der Waals surface area contributed by atoms with Gasteiger partial charge in [0.15, 0.2) is 6.04 Å². The van der Waals surface area contributed by atoms with Crippen LogP contribution in [-0.2, 0) is 25.6 Å². The molecule has 230 valence electrons. The number of nitrogens with one attached hydrogen (secondary N) is 3. The monoisotopic (exact) mass is 591 g/mol. The first kappa shape index (κ1) is 31.7. The van der Waals surface area contributed by atoms with Crippen molar-refractivity contribution in [3.8, 4) is 5.75 Å². The number of carbonyl (C=O) groups excluding carboxylic acids is 4. The Balaban J connectivity index is 1.66. The number of likely N-dealkylation sites (tertiary alicyclic amines) is 1. The standard InChI is InChI=1S/C32H41N5O6/c1-20(2)27(35-29(38)21(3)37(4,5)42)32(41)36-18-16-26-28(36)31(40)34-25(19-23-9-7-6-8-10-23)30(39)33-17-15-22-11-13-24(43-26)14-12-22/h6-15,17,20-21,25-28H,16,18-19H2,1-5H3,(H,33,39)(H,34,40)(H,35,38)/b17-15-/t21-,25-,26-,27-,28-/m0/s1. The number of carbonyl (C=O) groups is 4. The zero-order valence-electron chi connectivity index (χ0n) is 25.3. The number of benzene rings is 2. The van der Waals surface area contributed by atoms with Crippen molar-refractivity contribution in [2.75, 3.05) is 20.6 Å². The number of hydrogen-bond donors (Lipinski definition) is 3. The maximum Gasteiger partial charge on any atom is 0.279 e. The van der Waals surface area contributed by atoms with E-state index < -0.39 is 58.5 Å². The molecule has 0 saturated carbocycles. The van der Waals surface area contributed by atoms with Gasteiger partial charge in [-0.1, -0.05) is 56.3 Å². The van der Waals surface area contributed by atoms with Gasteiger partial charge < -0.3 is 35.4 Å². The van der Waals surface area contributed by atoms with Crippen molar-refractivity contribution in [3.63, 3.8) is 0 Å². The van der Waals surface area contributed by atoms with Crippen molar-refractivity contribution < 1.29 is 28.6 Å². The van der Waals surface area contributed by atoms with Crippen molar-refractivity contribution in [2.24, 2.45) is 5.92 Å². The van der Waals surface area contributed by atoms with Crippen molar-refractivity contribution in [1.29, 1.82) is 0 Å². The van der Waals surface area contributed by atoms with Gasteiger partial charge in [0.25, 0.3) is 5.91 Å². The highest BCUT2D eigenvalue weighted by atomic mass is 16.5. The van der Waals surface area contributed by atoms with E-state index in [0.717, 1.165) is 11.1 Å². The zero-order chi connectivity index (χ0) is 31.3. The van der Waals surface area contributed by atoms with Crippen molar-refractivity contribution in [2.45, 2.75) is 63.9 Å². The lowest BCUT2D eigenvalue weighted by Crippen LogP contribution is -2.61. The summed E-state index contributed by atoms with van der Waals surface area (Å²) in [4.78, 5) is 55.7. The number of fused-ring (bicyclic) bond motifs is 7. The Hall–Kier alpha value is -4.22. The van der Waals surface area contributed by atoms with E-state index in [1.165, 1.54) is 32.1 Å². The van der Waals surface area contributed by atoms with E-state index in [1.54, 1.807) is 32.1 Å². The van der Waals surface area contributed by atoms with Crippen LogP contribution in [0, 0.1) is 11.1 Å². The first-order chi connectivity index (χ1) is 20.3. The molecule has 3 N–H and O–H groups in total. The summed E-state index contributed by atoms with van der Waals surface area (Å²) in [6.45, 7) is 5.29. The van der Waals surface area contributed by atoms with Gasteiger partial charge >= 0.3 is 0 Å². The third-order valence-electron chi connectivity index (χ3n) is 8.02. The van der Waals surface area contributed by atoms with Crippen LogP contribution in [0.1, 0.15) is 38.3 Å². The van der Waals surface area contributed by atoms with Crippen LogP contribution in [0.25, 0.3) is 6.08 Å². The minimum atomic E-state index is -1.07. The second-order valence-corrected chi connectivity index (χ2v) is 11.9. The Morgan fingerprint density at radius 1 is 1.05 bits per heavy atom. The van der Waals surface area contributed by atoms with E-state index in [0.29, 0.717) is 12.2 Å². The van der Waals surface area contributed by atoms with Gasteiger partial charge in [-0.3, -0.25) is 19.2 Å². The molecule has 43 heavy (non-hydrogen) atoms. The van der Waals surface area contributed by atoms with Crippen LogP contribution >= 0.6 is 0 Å². The van der Waals surface area contributed by atoms with Gasteiger partial charge in [0, 0.05) is 25.6 Å². The molecule has 2 aromatic carbocycles. The van der Waals surface area contributed by atoms with Gasteiger partial charge in [0.1, 0.15) is 30.0 Å². The van der Waals surface area contributed by atoms with Gasteiger partial charge in [-0.2, -0.15) is 0 Å². The molecule has 5 rings (SSSR count). The van der Waals surface area contributed by atoms with Gasteiger partial charge in [-0.05, 0) is 42.2 Å². The van der Waals surface area contributed by atoms with E-state index in [1.807, 2.05) is 42.5 Å². The third kappa shape index (κ3) is 7.79. The average Bonchev–Trinajstić information content (AvgIpc) is 3.38. The minimum Gasteiger partial charge on any atom is -0.633 e. The highest BCUT2D eigenvalue weighted by Crippen LogP contribution is 2.27. The summed E-state index contributed by atoms with van der Waals surface area (Å²) in [5.74, 6) is -1.75. The van der Waals surface area contributed by atoms with Crippen LogP contribution in [-0.4, -0.2) is 84.1 Å². The Kier molecular flexibility index (Phi) is 9.87. The van der Waals surface area contributed by atoms with E-state index in [4.69, 9.17) is 4.74 Å². The Labute approximate surface area is 252 Å². The Bertz CT molecular complexity index is 1340. The van der Waals surface area contributed by atoms with Crippen LogP contribution in [0.5, 0.6) is 5.75 Å². The molecular weight excluding hydrogens is 550 g/mol. The molecule has 1 fully saturated rings. The molecule has 3 heterocycles. The molecule has 0 aromatic heterocycles. The molecule has 0 radical (unpaired) electrons. The fourth-order valence-corrected chi connectivity index (χ4v) is 5.16. The summed E-state index contributed by atoms with van der Waals surface area (Å²) in [6.07, 6.45) is 3.18.